The SMILES string of the molecule is Cc1cccc(C)c1Cn1c2ccccc2c2c(-c3ccccc3)c(C3(O)C=CC(=O)C=C3)[nH]c(=O)c21. The normalized spacial score (nSPS) is 14.6. The number of allylic oxidation sites excluding steroid dienone is 2. The van der Waals surface area contributed by atoms with E-state index in [1.165, 1.54) is 41.0 Å². The highest BCUT2D eigenvalue weighted by molar-refractivity contribution is 6.15. The van der Waals surface area contributed by atoms with E-state index in [4.69, 9.17) is 0 Å². The number of aromatic amines is 1. The average molecular weight is 487 g/mol. The van der Waals surface area contributed by atoms with Crippen molar-refractivity contribution in [2.24, 2.45) is 0 Å². The number of rotatable bonds is 4. The Morgan fingerprint density at radius 3 is 2.19 bits per heavy atom. The van der Waals surface area contributed by atoms with Gasteiger partial charge in [0, 0.05) is 28.4 Å². The fourth-order valence-electron chi connectivity index (χ4n) is 5.46. The molecule has 182 valence electrons. The fraction of sp³-hybridized carbons (Fsp3) is 0.125. The second-order valence-electron chi connectivity index (χ2n) is 9.66. The van der Waals surface area contributed by atoms with Gasteiger partial charge in [-0.3, -0.25) is 9.59 Å². The van der Waals surface area contributed by atoms with Crippen molar-refractivity contribution in [3.8, 4) is 11.1 Å². The lowest BCUT2D eigenvalue weighted by Gasteiger charge is -2.26. The third-order valence-corrected chi connectivity index (χ3v) is 7.35. The minimum Gasteiger partial charge on any atom is -0.376 e. The summed E-state index contributed by atoms with van der Waals surface area (Å²) in [5.41, 5.74) is 5.00. The Balaban J connectivity index is 1.76. The van der Waals surface area contributed by atoms with Gasteiger partial charge in [0.25, 0.3) is 5.56 Å². The lowest BCUT2D eigenvalue weighted by atomic mass is 9.86. The van der Waals surface area contributed by atoms with Crippen LogP contribution in [0.1, 0.15) is 22.4 Å². The molecule has 3 aromatic carbocycles. The van der Waals surface area contributed by atoms with Gasteiger partial charge in [0.1, 0.15) is 11.1 Å². The zero-order valence-corrected chi connectivity index (χ0v) is 20.7. The van der Waals surface area contributed by atoms with Gasteiger partial charge in [-0.25, -0.2) is 0 Å². The molecule has 0 fully saturated rings. The molecule has 0 radical (unpaired) electrons. The predicted molar refractivity (Wildman–Crippen MR) is 148 cm³/mol. The summed E-state index contributed by atoms with van der Waals surface area (Å²) in [6, 6.07) is 24.0. The van der Waals surface area contributed by atoms with E-state index < -0.39 is 5.60 Å². The maximum absolute atomic E-state index is 13.9. The lowest BCUT2D eigenvalue weighted by Crippen LogP contribution is -2.29. The maximum Gasteiger partial charge on any atom is 0.272 e. The molecule has 5 aromatic rings. The second-order valence-corrected chi connectivity index (χ2v) is 9.66. The first-order valence-electron chi connectivity index (χ1n) is 12.3. The monoisotopic (exact) mass is 486 g/mol. The number of benzene rings is 3. The molecule has 0 aliphatic heterocycles. The second kappa shape index (κ2) is 8.57. The van der Waals surface area contributed by atoms with E-state index in [0.29, 0.717) is 17.8 Å². The van der Waals surface area contributed by atoms with Gasteiger partial charge in [-0.1, -0.05) is 66.7 Å². The number of fused-ring (bicyclic) bond motifs is 3. The zero-order chi connectivity index (χ0) is 25.7. The Bertz CT molecular complexity index is 1780. The number of H-pyrrole nitrogens is 1. The molecule has 6 rings (SSSR count). The number of ketones is 1. The number of aliphatic hydroxyl groups is 1. The lowest BCUT2D eigenvalue weighted by molar-refractivity contribution is -0.110. The van der Waals surface area contributed by atoms with Crippen LogP contribution in [0.4, 0.5) is 0 Å². The number of nitrogens with zero attached hydrogens (tertiary/aromatic N) is 1. The van der Waals surface area contributed by atoms with Crippen molar-refractivity contribution in [2.45, 2.75) is 26.0 Å². The van der Waals surface area contributed by atoms with E-state index in [-0.39, 0.29) is 11.3 Å². The van der Waals surface area contributed by atoms with Crippen LogP contribution in [0.15, 0.2) is 102 Å². The van der Waals surface area contributed by atoms with Gasteiger partial charge in [-0.15, -0.1) is 0 Å². The molecule has 1 aliphatic rings. The number of carbonyl (C=O) groups is 1. The zero-order valence-electron chi connectivity index (χ0n) is 20.7. The van der Waals surface area contributed by atoms with Crippen LogP contribution in [0.5, 0.6) is 0 Å². The molecular weight excluding hydrogens is 460 g/mol. The van der Waals surface area contributed by atoms with Gasteiger partial charge >= 0.3 is 0 Å². The highest BCUT2D eigenvalue weighted by Crippen LogP contribution is 2.41. The molecule has 2 aromatic heterocycles. The number of aromatic nitrogens is 2. The Hall–Kier alpha value is -4.48. The summed E-state index contributed by atoms with van der Waals surface area (Å²) in [5, 5.41) is 13.4. The van der Waals surface area contributed by atoms with Crippen LogP contribution in [0.2, 0.25) is 0 Å². The molecule has 0 atom stereocenters. The molecule has 37 heavy (non-hydrogen) atoms. The molecule has 1 aliphatic carbocycles. The van der Waals surface area contributed by atoms with Crippen LogP contribution in [0.25, 0.3) is 32.9 Å². The van der Waals surface area contributed by atoms with Gasteiger partial charge in [0.15, 0.2) is 5.78 Å². The summed E-state index contributed by atoms with van der Waals surface area (Å²) in [6.07, 6.45) is 5.55. The quantitative estimate of drug-likeness (QED) is 0.342. The molecule has 5 heteroatoms. The van der Waals surface area contributed by atoms with Gasteiger partial charge < -0.3 is 14.7 Å². The molecule has 0 amide bonds. The fourth-order valence-corrected chi connectivity index (χ4v) is 5.46. The summed E-state index contributed by atoms with van der Waals surface area (Å²) in [5.74, 6) is -0.209. The van der Waals surface area contributed by atoms with Crippen molar-refractivity contribution in [1.29, 1.82) is 0 Å². The first-order chi connectivity index (χ1) is 17.9. The van der Waals surface area contributed by atoms with Gasteiger partial charge in [0.2, 0.25) is 0 Å². The average Bonchev–Trinajstić information content (AvgIpc) is 3.23. The van der Waals surface area contributed by atoms with Crippen molar-refractivity contribution in [3.05, 3.63) is 130 Å². The first-order valence-corrected chi connectivity index (χ1v) is 12.3. The molecular formula is C32H26N2O3. The minimum absolute atomic E-state index is 0.209. The topological polar surface area (TPSA) is 75.1 Å². The highest BCUT2D eigenvalue weighted by atomic mass is 16.3. The summed E-state index contributed by atoms with van der Waals surface area (Å²) in [4.78, 5) is 28.8. The van der Waals surface area contributed by atoms with Crippen molar-refractivity contribution in [3.63, 3.8) is 0 Å². The third kappa shape index (κ3) is 3.67. The van der Waals surface area contributed by atoms with Crippen LogP contribution in [0, 0.1) is 13.8 Å². The van der Waals surface area contributed by atoms with E-state index in [0.717, 1.165) is 27.4 Å². The molecule has 0 unspecified atom stereocenters. The summed E-state index contributed by atoms with van der Waals surface area (Å²) in [6.45, 7) is 4.72. The first kappa shape index (κ1) is 23.0. The van der Waals surface area contributed by atoms with Gasteiger partial charge in [0.05, 0.1) is 5.69 Å². The van der Waals surface area contributed by atoms with Crippen LogP contribution in [-0.2, 0) is 16.9 Å². The number of hydrogen-bond donors (Lipinski definition) is 2. The van der Waals surface area contributed by atoms with Crippen molar-refractivity contribution >= 4 is 27.6 Å². The predicted octanol–water partition coefficient (Wildman–Crippen LogP) is 5.70. The van der Waals surface area contributed by atoms with Crippen molar-refractivity contribution in [1.82, 2.24) is 9.55 Å². The number of hydrogen-bond acceptors (Lipinski definition) is 3. The number of pyridine rings is 1. The Kier molecular flexibility index (Phi) is 5.32. The van der Waals surface area contributed by atoms with E-state index in [1.807, 2.05) is 60.7 Å². The van der Waals surface area contributed by atoms with Crippen LogP contribution in [0.3, 0.4) is 0 Å². The van der Waals surface area contributed by atoms with E-state index in [9.17, 15) is 14.7 Å². The van der Waals surface area contributed by atoms with Gasteiger partial charge in [-0.2, -0.15) is 0 Å². The Morgan fingerprint density at radius 2 is 1.49 bits per heavy atom. The molecule has 0 saturated carbocycles. The van der Waals surface area contributed by atoms with Gasteiger partial charge in [-0.05, 0) is 66.5 Å². The third-order valence-electron chi connectivity index (χ3n) is 7.35. The van der Waals surface area contributed by atoms with Crippen LogP contribution >= 0.6 is 0 Å². The molecule has 0 saturated heterocycles. The number of carbonyl (C=O) groups excluding carboxylic acids is 1. The smallest absolute Gasteiger partial charge is 0.272 e. The highest BCUT2D eigenvalue weighted by Gasteiger charge is 2.33. The van der Waals surface area contributed by atoms with Crippen molar-refractivity contribution < 1.29 is 9.90 Å². The van der Waals surface area contributed by atoms with Crippen molar-refractivity contribution in [2.75, 3.05) is 0 Å². The van der Waals surface area contributed by atoms with Crippen LogP contribution < -0.4 is 5.56 Å². The van der Waals surface area contributed by atoms with E-state index in [2.05, 4.69) is 35.5 Å². The Morgan fingerprint density at radius 1 is 0.838 bits per heavy atom. The molecule has 5 nitrogen and oxygen atoms in total. The number of aryl methyl sites for hydroxylation is 2. The standard InChI is InChI=1S/C32H26N2O3/c1-20-9-8-10-21(2)25(20)19-34-26-14-7-6-13-24(26)28-27(22-11-4-3-5-12-22)30(33-31(36)29(28)34)32(37)17-15-23(35)16-18-32/h3-18,37H,19H2,1-2H3,(H,33,36). The summed E-state index contributed by atoms with van der Waals surface area (Å²) in [7, 11) is 0. The van der Waals surface area contributed by atoms with E-state index >= 15 is 0 Å². The largest absolute Gasteiger partial charge is 0.376 e. The summed E-state index contributed by atoms with van der Waals surface area (Å²) >= 11 is 0. The molecule has 2 heterocycles. The number of para-hydroxylation sites is 1. The van der Waals surface area contributed by atoms with Crippen LogP contribution in [-0.4, -0.2) is 20.4 Å². The molecule has 0 bridgehead atoms. The Labute approximate surface area is 214 Å². The molecule has 0 spiro atoms. The minimum atomic E-state index is -1.64. The van der Waals surface area contributed by atoms with E-state index in [1.54, 1.807) is 0 Å². The number of nitrogens with one attached hydrogen (secondary N) is 1. The molecule has 2 N–H and O–H groups in total. The maximum atomic E-state index is 13.9. The summed E-state index contributed by atoms with van der Waals surface area (Å²) < 4.78 is 2.08.